The van der Waals surface area contributed by atoms with E-state index in [4.69, 9.17) is 5.73 Å². The number of hydrogen-bond acceptors (Lipinski definition) is 6. The van der Waals surface area contributed by atoms with Crippen molar-refractivity contribution in [2.75, 3.05) is 5.75 Å². The van der Waals surface area contributed by atoms with Crippen molar-refractivity contribution in [1.29, 1.82) is 0 Å². The summed E-state index contributed by atoms with van der Waals surface area (Å²) in [7, 11) is -3.56. The molecule has 7 nitrogen and oxygen atoms in total. The summed E-state index contributed by atoms with van der Waals surface area (Å²) in [6, 6.07) is 1.88. The first-order chi connectivity index (χ1) is 9.76. The Hall–Kier alpha value is -2.03. The summed E-state index contributed by atoms with van der Waals surface area (Å²) in [5.74, 6) is -1.24. The third-order valence-electron chi connectivity index (χ3n) is 3.38. The van der Waals surface area contributed by atoms with E-state index in [-0.39, 0.29) is 23.5 Å². The summed E-state index contributed by atoms with van der Waals surface area (Å²) in [5, 5.41) is 9.86. The van der Waals surface area contributed by atoms with Crippen LogP contribution in [0.3, 0.4) is 0 Å². The summed E-state index contributed by atoms with van der Waals surface area (Å²) in [4.78, 5) is 14.1. The minimum absolute atomic E-state index is 0.0837. The van der Waals surface area contributed by atoms with Crippen molar-refractivity contribution in [3.63, 3.8) is 0 Å². The predicted molar refractivity (Wildman–Crippen MR) is 75.3 cm³/mol. The molecule has 1 aromatic carbocycles. The topological polar surface area (TPSA) is 116 Å². The summed E-state index contributed by atoms with van der Waals surface area (Å²) >= 11 is 0. The smallest absolute Gasteiger partial charge is 0.269 e. The first-order valence-electron chi connectivity index (χ1n) is 6.24. The molecule has 2 atom stereocenters. The Bertz CT molecular complexity index is 717. The van der Waals surface area contributed by atoms with Gasteiger partial charge in [0.2, 0.25) is 0 Å². The maximum atomic E-state index is 13.8. The standard InChI is InChI=1S/C12H14FN3O4S/c1-2-11-12(14)15-10(6-21(11,19)20)8-5-7(16(17)18)3-4-9(8)13/h3-5,10-11H,2,6H2,1H3,(H2,14,15). The number of amidine groups is 1. The van der Waals surface area contributed by atoms with Gasteiger partial charge in [-0.3, -0.25) is 15.1 Å². The van der Waals surface area contributed by atoms with E-state index in [9.17, 15) is 22.9 Å². The van der Waals surface area contributed by atoms with E-state index >= 15 is 0 Å². The highest BCUT2D eigenvalue weighted by molar-refractivity contribution is 7.92. The van der Waals surface area contributed by atoms with Crippen molar-refractivity contribution in [1.82, 2.24) is 0 Å². The molecule has 114 valence electrons. The van der Waals surface area contributed by atoms with Crippen LogP contribution in [0.2, 0.25) is 0 Å². The monoisotopic (exact) mass is 315 g/mol. The van der Waals surface area contributed by atoms with Gasteiger partial charge in [0, 0.05) is 17.7 Å². The average Bonchev–Trinajstić information content (AvgIpc) is 2.37. The maximum Gasteiger partial charge on any atom is 0.269 e. The van der Waals surface area contributed by atoms with E-state index in [0.717, 1.165) is 18.2 Å². The minimum atomic E-state index is -3.56. The third-order valence-corrected chi connectivity index (χ3v) is 5.60. The van der Waals surface area contributed by atoms with Crippen molar-refractivity contribution >= 4 is 21.4 Å². The fraction of sp³-hybridized carbons (Fsp3) is 0.417. The van der Waals surface area contributed by atoms with Gasteiger partial charge in [-0.05, 0) is 12.5 Å². The second-order valence-corrected chi connectivity index (χ2v) is 6.99. The Morgan fingerprint density at radius 2 is 2.19 bits per heavy atom. The van der Waals surface area contributed by atoms with Crippen LogP contribution in [0.25, 0.3) is 0 Å². The number of nitrogens with two attached hydrogens (primary N) is 1. The van der Waals surface area contributed by atoms with Crippen LogP contribution >= 0.6 is 0 Å². The van der Waals surface area contributed by atoms with E-state index in [1.807, 2.05) is 0 Å². The number of nitro benzene ring substituents is 1. The molecule has 0 aromatic heterocycles. The van der Waals surface area contributed by atoms with E-state index < -0.39 is 37.6 Å². The molecular formula is C12H14FN3O4S. The van der Waals surface area contributed by atoms with Crippen molar-refractivity contribution in [3.05, 3.63) is 39.7 Å². The molecule has 21 heavy (non-hydrogen) atoms. The number of nitrogens with zero attached hydrogens (tertiary/aromatic N) is 2. The Morgan fingerprint density at radius 3 is 2.71 bits per heavy atom. The van der Waals surface area contributed by atoms with Crippen molar-refractivity contribution < 1.29 is 17.7 Å². The molecule has 0 saturated heterocycles. The van der Waals surface area contributed by atoms with E-state index in [2.05, 4.69) is 4.99 Å². The van der Waals surface area contributed by atoms with Gasteiger partial charge in [0.25, 0.3) is 5.69 Å². The zero-order chi connectivity index (χ0) is 15.8. The van der Waals surface area contributed by atoms with Crippen molar-refractivity contribution in [2.24, 2.45) is 10.7 Å². The van der Waals surface area contributed by atoms with E-state index in [1.165, 1.54) is 0 Å². The van der Waals surface area contributed by atoms with E-state index in [0.29, 0.717) is 0 Å². The quantitative estimate of drug-likeness (QED) is 0.667. The molecular weight excluding hydrogens is 301 g/mol. The molecule has 1 aromatic rings. The van der Waals surface area contributed by atoms with Gasteiger partial charge in [0.1, 0.15) is 16.9 Å². The second kappa shape index (κ2) is 5.40. The lowest BCUT2D eigenvalue weighted by Crippen LogP contribution is -2.42. The number of non-ortho nitro benzene ring substituents is 1. The van der Waals surface area contributed by atoms with Gasteiger partial charge in [-0.2, -0.15) is 0 Å². The van der Waals surface area contributed by atoms with Crippen LogP contribution in [-0.2, 0) is 9.84 Å². The van der Waals surface area contributed by atoms with Crippen LogP contribution < -0.4 is 5.73 Å². The Morgan fingerprint density at radius 1 is 1.52 bits per heavy atom. The Labute approximate surface area is 120 Å². The molecule has 2 rings (SSSR count). The Kier molecular flexibility index (Phi) is 3.95. The molecule has 2 unspecified atom stereocenters. The van der Waals surface area contributed by atoms with Gasteiger partial charge in [0.05, 0.1) is 16.7 Å². The highest BCUT2D eigenvalue weighted by Crippen LogP contribution is 2.31. The number of halogens is 1. The molecule has 0 fully saturated rings. The van der Waals surface area contributed by atoms with E-state index in [1.54, 1.807) is 6.92 Å². The molecule has 0 saturated carbocycles. The molecule has 1 aliphatic rings. The molecule has 1 heterocycles. The lowest BCUT2D eigenvalue weighted by molar-refractivity contribution is -0.385. The zero-order valence-electron chi connectivity index (χ0n) is 11.2. The van der Waals surface area contributed by atoms with Gasteiger partial charge >= 0.3 is 0 Å². The molecule has 2 N–H and O–H groups in total. The number of sulfone groups is 1. The molecule has 0 bridgehead atoms. The lowest BCUT2D eigenvalue weighted by atomic mass is 10.1. The normalized spacial score (nSPS) is 24.4. The maximum absolute atomic E-state index is 13.8. The van der Waals surface area contributed by atoms with Crippen molar-refractivity contribution in [3.8, 4) is 0 Å². The molecule has 0 spiro atoms. The van der Waals surface area contributed by atoms with Crippen molar-refractivity contribution in [2.45, 2.75) is 24.6 Å². The van der Waals surface area contributed by atoms with Crippen LogP contribution in [0, 0.1) is 15.9 Å². The van der Waals surface area contributed by atoms with Gasteiger partial charge in [-0.25, -0.2) is 12.8 Å². The molecule has 0 radical (unpaired) electrons. The third kappa shape index (κ3) is 2.87. The lowest BCUT2D eigenvalue weighted by Gasteiger charge is -2.25. The summed E-state index contributed by atoms with van der Waals surface area (Å²) < 4.78 is 38.1. The molecule has 0 aliphatic carbocycles. The zero-order valence-corrected chi connectivity index (χ0v) is 12.0. The second-order valence-electron chi connectivity index (χ2n) is 4.76. The molecule has 0 amide bonds. The fourth-order valence-corrected chi connectivity index (χ4v) is 4.21. The average molecular weight is 315 g/mol. The number of aliphatic imine (C=N–C) groups is 1. The van der Waals surface area contributed by atoms with Crippen LogP contribution in [0.5, 0.6) is 0 Å². The minimum Gasteiger partial charge on any atom is -0.386 e. The first kappa shape index (κ1) is 15.4. The largest absolute Gasteiger partial charge is 0.386 e. The highest BCUT2D eigenvalue weighted by Gasteiger charge is 2.36. The van der Waals surface area contributed by atoms with Crippen LogP contribution in [0.1, 0.15) is 24.9 Å². The Balaban J connectivity index is 2.51. The SMILES string of the molecule is CCC1C(N)=NC(c2cc([N+](=O)[O-])ccc2F)CS1(=O)=O. The predicted octanol–water partition coefficient (Wildman–Crippen LogP) is 1.34. The number of rotatable bonds is 3. The van der Waals surface area contributed by atoms with Gasteiger partial charge in [0.15, 0.2) is 9.84 Å². The van der Waals surface area contributed by atoms with Crippen LogP contribution in [0.4, 0.5) is 10.1 Å². The number of nitro groups is 1. The summed E-state index contributed by atoms with van der Waals surface area (Å²) in [5.41, 5.74) is 5.20. The van der Waals surface area contributed by atoms with Gasteiger partial charge in [-0.15, -0.1) is 0 Å². The van der Waals surface area contributed by atoms with Gasteiger partial charge < -0.3 is 5.73 Å². The summed E-state index contributed by atoms with van der Waals surface area (Å²) in [6.45, 7) is 1.67. The fourth-order valence-electron chi connectivity index (χ4n) is 2.34. The van der Waals surface area contributed by atoms with Crippen LogP contribution in [0.15, 0.2) is 23.2 Å². The van der Waals surface area contributed by atoms with Gasteiger partial charge in [-0.1, -0.05) is 6.92 Å². The number of benzene rings is 1. The molecule has 9 heteroatoms. The highest BCUT2D eigenvalue weighted by atomic mass is 32.2. The first-order valence-corrected chi connectivity index (χ1v) is 7.96. The number of hydrogen-bond donors (Lipinski definition) is 1. The van der Waals surface area contributed by atoms with Crippen LogP contribution in [-0.4, -0.2) is 30.2 Å². The molecule has 1 aliphatic heterocycles. The summed E-state index contributed by atoms with van der Waals surface area (Å²) in [6.07, 6.45) is 0.280.